The smallest absolute Gasteiger partial charge is 0.126 e. The maximum absolute atomic E-state index is 5.78. The Hall–Kier alpha value is -1.25. The number of hydrogen-bond acceptors (Lipinski definition) is 3. The highest BCUT2D eigenvalue weighted by atomic mass is 15.0. The molecule has 2 atom stereocenters. The monoisotopic (exact) mass is 233 g/mol. The molecule has 0 radical (unpaired) electrons. The third-order valence-electron chi connectivity index (χ3n) is 3.85. The molecular formula is C14H23N3. The first-order chi connectivity index (χ1) is 8.16. The quantitative estimate of drug-likeness (QED) is 0.770. The third-order valence-corrected chi connectivity index (χ3v) is 3.85. The highest BCUT2D eigenvalue weighted by molar-refractivity contribution is 5.51. The van der Waals surface area contributed by atoms with E-state index in [-0.39, 0.29) is 0 Å². The van der Waals surface area contributed by atoms with Crippen molar-refractivity contribution in [3.63, 3.8) is 0 Å². The highest BCUT2D eigenvalue weighted by Gasteiger charge is 2.19. The Morgan fingerprint density at radius 3 is 2.82 bits per heavy atom. The number of nitrogen functional groups attached to an aromatic ring is 1. The van der Waals surface area contributed by atoms with Crippen molar-refractivity contribution in [1.29, 1.82) is 0 Å². The molecule has 0 saturated heterocycles. The number of nitrogens with two attached hydrogens (primary N) is 1. The van der Waals surface area contributed by atoms with E-state index in [0.29, 0.717) is 6.04 Å². The standard InChI is InChI=1S/C14H23N3/c1-10-6-4-3-5-7-13(10)17-14-8-11(2)12(15)9-16-14/h8-10,13H,3-7,15H2,1-2H3,(H,16,17). The zero-order valence-corrected chi connectivity index (χ0v) is 10.9. The molecule has 94 valence electrons. The Bertz CT molecular complexity index is 376. The number of nitrogens with one attached hydrogen (secondary N) is 1. The molecule has 1 aromatic rings. The van der Waals surface area contributed by atoms with Crippen LogP contribution in [0.5, 0.6) is 0 Å². The molecule has 2 unspecified atom stereocenters. The lowest BCUT2D eigenvalue weighted by Gasteiger charge is -2.23. The van der Waals surface area contributed by atoms with Gasteiger partial charge in [-0.3, -0.25) is 0 Å². The van der Waals surface area contributed by atoms with Crippen molar-refractivity contribution < 1.29 is 0 Å². The molecule has 0 aromatic carbocycles. The van der Waals surface area contributed by atoms with Crippen LogP contribution >= 0.6 is 0 Å². The van der Waals surface area contributed by atoms with Crippen LogP contribution in [0, 0.1) is 12.8 Å². The summed E-state index contributed by atoms with van der Waals surface area (Å²) in [5, 5.41) is 3.57. The molecule has 1 fully saturated rings. The lowest BCUT2D eigenvalue weighted by molar-refractivity contribution is 0.455. The molecule has 1 aromatic heterocycles. The van der Waals surface area contributed by atoms with E-state index in [1.54, 1.807) is 6.20 Å². The van der Waals surface area contributed by atoms with Crippen molar-refractivity contribution in [2.75, 3.05) is 11.1 Å². The summed E-state index contributed by atoms with van der Waals surface area (Å²) in [4.78, 5) is 4.36. The molecule has 3 N–H and O–H groups in total. The van der Waals surface area contributed by atoms with Gasteiger partial charge in [0.1, 0.15) is 5.82 Å². The number of nitrogens with zero attached hydrogens (tertiary/aromatic N) is 1. The van der Waals surface area contributed by atoms with Crippen molar-refractivity contribution in [3.05, 3.63) is 17.8 Å². The molecule has 1 heterocycles. The second-order valence-electron chi connectivity index (χ2n) is 5.29. The Balaban J connectivity index is 2.05. The molecule has 1 aliphatic carbocycles. The van der Waals surface area contributed by atoms with Crippen LogP contribution in [0.2, 0.25) is 0 Å². The van der Waals surface area contributed by atoms with Crippen LogP contribution in [0.1, 0.15) is 44.6 Å². The van der Waals surface area contributed by atoms with E-state index >= 15 is 0 Å². The molecular weight excluding hydrogens is 210 g/mol. The number of pyridine rings is 1. The van der Waals surface area contributed by atoms with Crippen molar-refractivity contribution in [3.8, 4) is 0 Å². The van der Waals surface area contributed by atoms with Crippen molar-refractivity contribution in [1.82, 2.24) is 4.98 Å². The maximum Gasteiger partial charge on any atom is 0.126 e. The molecule has 0 aliphatic heterocycles. The van der Waals surface area contributed by atoms with Crippen LogP contribution in [0.15, 0.2) is 12.3 Å². The third kappa shape index (κ3) is 3.11. The second-order valence-corrected chi connectivity index (χ2v) is 5.29. The molecule has 2 rings (SSSR count). The lowest BCUT2D eigenvalue weighted by Crippen LogP contribution is -2.26. The fourth-order valence-electron chi connectivity index (χ4n) is 2.54. The first-order valence-corrected chi connectivity index (χ1v) is 6.65. The molecule has 3 nitrogen and oxygen atoms in total. The van der Waals surface area contributed by atoms with Crippen molar-refractivity contribution in [2.24, 2.45) is 5.92 Å². The molecule has 0 bridgehead atoms. The predicted molar refractivity (Wildman–Crippen MR) is 73.0 cm³/mol. The average molecular weight is 233 g/mol. The van der Waals surface area contributed by atoms with Gasteiger partial charge < -0.3 is 11.1 Å². The highest BCUT2D eigenvalue weighted by Crippen LogP contribution is 2.26. The van der Waals surface area contributed by atoms with Crippen LogP contribution in [-0.2, 0) is 0 Å². The SMILES string of the molecule is Cc1cc(NC2CCCCCC2C)ncc1N. The summed E-state index contributed by atoms with van der Waals surface area (Å²) in [6.45, 7) is 4.37. The molecule has 1 aliphatic rings. The summed E-state index contributed by atoms with van der Waals surface area (Å²) in [6.07, 6.45) is 8.40. The van der Waals surface area contributed by atoms with E-state index in [4.69, 9.17) is 5.73 Å². The van der Waals surface area contributed by atoms with Crippen LogP contribution in [-0.4, -0.2) is 11.0 Å². The van der Waals surface area contributed by atoms with E-state index in [9.17, 15) is 0 Å². The topological polar surface area (TPSA) is 50.9 Å². The van der Waals surface area contributed by atoms with Crippen molar-refractivity contribution >= 4 is 11.5 Å². The van der Waals surface area contributed by atoms with Gasteiger partial charge >= 0.3 is 0 Å². The number of aryl methyl sites for hydroxylation is 1. The zero-order valence-electron chi connectivity index (χ0n) is 10.9. The molecule has 0 amide bonds. The summed E-state index contributed by atoms with van der Waals surface area (Å²) in [6, 6.07) is 2.61. The summed E-state index contributed by atoms with van der Waals surface area (Å²) < 4.78 is 0. The van der Waals surface area contributed by atoms with Gasteiger partial charge in [0.2, 0.25) is 0 Å². The van der Waals surface area contributed by atoms with Gasteiger partial charge in [-0.15, -0.1) is 0 Å². The summed E-state index contributed by atoms with van der Waals surface area (Å²) in [7, 11) is 0. The summed E-state index contributed by atoms with van der Waals surface area (Å²) in [5.41, 5.74) is 7.65. The van der Waals surface area contributed by atoms with Gasteiger partial charge in [-0.05, 0) is 37.3 Å². The second kappa shape index (κ2) is 5.39. The fraction of sp³-hybridized carbons (Fsp3) is 0.643. The van der Waals surface area contributed by atoms with Gasteiger partial charge in [0, 0.05) is 6.04 Å². The minimum Gasteiger partial charge on any atom is -0.397 e. The molecule has 1 saturated carbocycles. The minimum atomic E-state index is 0.563. The van der Waals surface area contributed by atoms with Crippen LogP contribution in [0.25, 0.3) is 0 Å². The predicted octanol–water partition coefficient (Wildman–Crippen LogP) is 3.35. The maximum atomic E-state index is 5.78. The van der Waals surface area contributed by atoms with E-state index in [1.807, 2.05) is 13.0 Å². The van der Waals surface area contributed by atoms with Crippen LogP contribution in [0.3, 0.4) is 0 Å². The molecule has 0 spiro atoms. The number of hydrogen-bond donors (Lipinski definition) is 2. The molecule has 3 heteroatoms. The fourth-order valence-corrected chi connectivity index (χ4v) is 2.54. The summed E-state index contributed by atoms with van der Waals surface area (Å²) in [5.74, 6) is 1.70. The first-order valence-electron chi connectivity index (χ1n) is 6.65. The minimum absolute atomic E-state index is 0.563. The van der Waals surface area contributed by atoms with E-state index in [0.717, 1.165) is 23.0 Å². The average Bonchev–Trinajstić information content (AvgIpc) is 2.50. The van der Waals surface area contributed by atoms with Crippen LogP contribution in [0.4, 0.5) is 11.5 Å². The molecule has 17 heavy (non-hydrogen) atoms. The van der Waals surface area contributed by atoms with Gasteiger partial charge in [0.15, 0.2) is 0 Å². The van der Waals surface area contributed by atoms with Crippen LogP contribution < -0.4 is 11.1 Å². The first kappa shape index (κ1) is 12.2. The Morgan fingerprint density at radius 1 is 1.29 bits per heavy atom. The van der Waals surface area contributed by atoms with Gasteiger partial charge in [-0.1, -0.05) is 26.2 Å². The van der Waals surface area contributed by atoms with E-state index < -0.39 is 0 Å². The number of rotatable bonds is 2. The number of aromatic nitrogens is 1. The zero-order chi connectivity index (χ0) is 12.3. The summed E-state index contributed by atoms with van der Waals surface area (Å²) >= 11 is 0. The van der Waals surface area contributed by atoms with Crippen molar-refractivity contribution in [2.45, 2.75) is 52.0 Å². The van der Waals surface area contributed by atoms with Gasteiger partial charge in [-0.2, -0.15) is 0 Å². The number of anilines is 2. The van der Waals surface area contributed by atoms with Gasteiger partial charge in [0.25, 0.3) is 0 Å². The van der Waals surface area contributed by atoms with Gasteiger partial charge in [0.05, 0.1) is 11.9 Å². The largest absolute Gasteiger partial charge is 0.397 e. The lowest BCUT2D eigenvalue weighted by atomic mass is 9.97. The Morgan fingerprint density at radius 2 is 2.06 bits per heavy atom. The van der Waals surface area contributed by atoms with E-state index in [2.05, 4.69) is 17.2 Å². The Kier molecular flexibility index (Phi) is 3.87. The Labute approximate surface area is 104 Å². The normalized spacial score (nSPS) is 25.3. The van der Waals surface area contributed by atoms with E-state index in [1.165, 1.54) is 32.1 Å². The van der Waals surface area contributed by atoms with Gasteiger partial charge in [-0.25, -0.2) is 4.98 Å².